The first-order valence-corrected chi connectivity index (χ1v) is 7.84. The van der Waals surface area contributed by atoms with Gasteiger partial charge in [-0.2, -0.15) is 0 Å². The minimum absolute atomic E-state index is 0.0315. The Labute approximate surface area is 133 Å². The zero-order valence-electron chi connectivity index (χ0n) is 11.4. The summed E-state index contributed by atoms with van der Waals surface area (Å²) in [5.74, 6) is -0.0315. The third kappa shape index (κ3) is 2.80. The standard InChI is InChI=1S/C16H14N2OS2/c1-11(12-6-3-2-4-7-12)18-15(19)14(21-16(18)20)10-13-8-5-9-17-13/h2-11,17H,1H3. The van der Waals surface area contributed by atoms with Crippen LogP contribution >= 0.6 is 24.0 Å². The molecule has 1 saturated heterocycles. The molecule has 5 heteroatoms. The number of carbonyl (C=O) groups is 1. The molecular formula is C16H14N2OS2. The molecule has 2 heterocycles. The summed E-state index contributed by atoms with van der Waals surface area (Å²) in [6.07, 6.45) is 3.68. The highest BCUT2D eigenvalue weighted by Crippen LogP contribution is 2.37. The van der Waals surface area contributed by atoms with Gasteiger partial charge in [-0.05, 0) is 30.7 Å². The first-order chi connectivity index (χ1) is 10.2. The van der Waals surface area contributed by atoms with Crippen LogP contribution in [0.3, 0.4) is 0 Å². The third-order valence-corrected chi connectivity index (χ3v) is 4.73. The van der Waals surface area contributed by atoms with Crippen molar-refractivity contribution in [2.45, 2.75) is 13.0 Å². The first-order valence-electron chi connectivity index (χ1n) is 6.62. The lowest BCUT2D eigenvalue weighted by atomic mass is 10.1. The van der Waals surface area contributed by atoms with Gasteiger partial charge in [-0.3, -0.25) is 9.69 Å². The first kappa shape index (κ1) is 14.1. The maximum Gasteiger partial charge on any atom is 0.266 e. The van der Waals surface area contributed by atoms with E-state index in [1.807, 2.05) is 61.7 Å². The predicted molar refractivity (Wildman–Crippen MR) is 90.7 cm³/mol. The Morgan fingerprint density at radius 1 is 1.24 bits per heavy atom. The fourth-order valence-electron chi connectivity index (χ4n) is 2.27. The molecule has 1 fully saturated rings. The highest BCUT2D eigenvalue weighted by Gasteiger charge is 2.35. The average Bonchev–Trinajstić information content (AvgIpc) is 3.09. The maximum atomic E-state index is 12.6. The summed E-state index contributed by atoms with van der Waals surface area (Å²) in [4.78, 5) is 18.0. The van der Waals surface area contributed by atoms with Crippen LogP contribution in [0.5, 0.6) is 0 Å². The molecule has 1 aliphatic rings. The monoisotopic (exact) mass is 314 g/mol. The number of nitrogens with zero attached hydrogens (tertiary/aromatic N) is 1. The van der Waals surface area contributed by atoms with Gasteiger partial charge in [0.2, 0.25) is 0 Å². The lowest BCUT2D eigenvalue weighted by molar-refractivity contribution is -0.123. The number of H-pyrrole nitrogens is 1. The summed E-state index contributed by atoms with van der Waals surface area (Å²) >= 11 is 6.74. The average molecular weight is 314 g/mol. The SMILES string of the molecule is CC(c1ccccc1)N1C(=O)C(=Cc2ccc[nH]2)SC1=S. The van der Waals surface area contributed by atoms with Gasteiger partial charge in [0, 0.05) is 11.9 Å². The maximum absolute atomic E-state index is 12.6. The molecule has 1 amide bonds. The quantitative estimate of drug-likeness (QED) is 0.688. The van der Waals surface area contributed by atoms with Crippen LogP contribution < -0.4 is 0 Å². The minimum atomic E-state index is -0.0618. The number of aromatic amines is 1. The second kappa shape index (κ2) is 5.87. The van der Waals surface area contributed by atoms with Crippen LogP contribution in [0.1, 0.15) is 24.2 Å². The molecule has 1 aromatic carbocycles. The van der Waals surface area contributed by atoms with Gasteiger partial charge in [0.05, 0.1) is 10.9 Å². The van der Waals surface area contributed by atoms with Crippen LogP contribution in [0.15, 0.2) is 53.6 Å². The molecule has 1 atom stereocenters. The molecule has 0 bridgehead atoms. The normalized spacial score (nSPS) is 18.5. The van der Waals surface area contributed by atoms with Gasteiger partial charge in [0.25, 0.3) is 5.91 Å². The molecule has 0 radical (unpaired) electrons. The van der Waals surface area contributed by atoms with Crippen molar-refractivity contribution in [2.75, 3.05) is 0 Å². The van der Waals surface area contributed by atoms with Crippen LogP contribution in [0.25, 0.3) is 6.08 Å². The number of benzene rings is 1. The van der Waals surface area contributed by atoms with E-state index < -0.39 is 0 Å². The van der Waals surface area contributed by atoms with E-state index in [2.05, 4.69) is 4.98 Å². The van der Waals surface area contributed by atoms with E-state index in [4.69, 9.17) is 12.2 Å². The molecule has 1 N–H and O–H groups in total. The van der Waals surface area contributed by atoms with Gasteiger partial charge in [-0.15, -0.1) is 0 Å². The topological polar surface area (TPSA) is 36.1 Å². The van der Waals surface area contributed by atoms with Gasteiger partial charge in [0.1, 0.15) is 4.32 Å². The van der Waals surface area contributed by atoms with E-state index >= 15 is 0 Å². The van der Waals surface area contributed by atoms with E-state index in [0.29, 0.717) is 9.23 Å². The van der Waals surface area contributed by atoms with Gasteiger partial charge in [-0.25, -0.2) is 0 Å². The van der Waals surface area contributed by atoms with Crippen molar-refractivity contribution in [3.63, 3.8) is 0 Å². The summed E-state index contributed by atoms with van der Waals surface area (Å²) in [5, 5.41) is 0. The number of aromatic nitrogens is 1. The van der Waals surface area contributed by atoms with Crippen molar-refractivity contribution >= 4 is 40.3 Å². The van der Waals surface area contributed by atoms with Crippen LogP contribution in [-0.2, 0) is 4.79 Å². The lowest BCUT2D eigenvalue weighted by Gasteiger charge is -2.23. The van der Waals surface area contributed by atoms with E-state index in [9.17, 15) is 4.79 Å². The van der Waals surface area contributed by atoms with E-state index in [0.717, 1.165) is 11.3 Å². The van der Waals surface area contributed by atoms with E-state index in [-0.39, 0.29) is 11.9 Å². The van der Waals surface area contributed by atoms with E-state index in [1.165, 1.54) is 11.8 Å². The highest BCUT2D eigenvalue weighted by atomic mass is 32.2. The molecule has 3 rings (SSSR count). The Morgan fingerprint density at radius 3 is 2.67 bits per heavy atom. The number of nitrogens with one attached hydrogen (secondary N) is 1. The number of thiocarbonyl (C=S) groups is 1. The predicted octanol–water partition coefficient (Wildman–Crippen LogP) is 3.98. The second-order valence-corrected chi connectivity index (χ2v) is 6.44. The number of hydrogen-bond donors (Lipinski definition) is 1. The largest absolute Gasteiger partial charge is 0.362 e. The highest BCUT2D eigenvalue weighted by molar-refractivity contribution is 8.26. The van der Waals surface area contributed by atoms with Crippen LogP contribution in [-0.4, -0.2) is 20.1 Å². The Bertz CT molecular complexity index is 692. The summed E-state index contributed by atoms with van der Waals surface area (Å²) in [7, 11) is 0. The molecule has 1 aromatic heterocycles. The van der Waals surface area contributed by atoms with Crippen LogP contribution in [0, 0.1) is 0 Å². The number of thioether (sulfide) groups is 1. The number of carbonyl (C=O) groups excluding carboxylic acids is 1. The Morgan fingerprint density at radius 2 is 2.00 bits per heavy atom. The summed E-state index contributed by atoms with van der Waals surface area (Å²) < 4.78 is 0.606. The molecule has 21 heavy (non-hydrogen) atoms. The molecular weight excluding hydrogens is 300 g/mol. The molecule has 1 aliphatic heterocycles. The minimum Gasteiger partial charge on any atom is -0.362 e. The van der Waals surface area contributed by atoms with Gasteiger partial charge >= 0.3 is 0 Å². The summed E-state index contributed by atoms with van der Waals surface area (Å²) in [5.41, 5.74) is 1.98. The van der Waals surface area contributed by atoms with Crippen LogP contribution in [0.2, 0.25) is 0 Å². The van der Waals surface area contributed by atoms with Gasteiger partial charge in [-0.1, -0.05) is 54.3 Å². The molecule has 2 aromatic rings. The van der Waals surface area contributed by atoms with Crippen LogP contribution in [0.4, 0.5) is 0 Å². The van der Waals surface area contributed by atoms with Crippen molar-refractivity contribution in [1.82, 2.24) is 9.88 Å². The Kier molecular flexibility index (Phi) is 3.94. The Hall–Kier alpha value is -1.85. The van der Waals surface area contributed by atoms with Gasteiger partial charge < -0.3 is 4.98 Å². The second-order valence-electron chi connectivity index (χ2n) is 4.76. The van der Waals surface area contributed by atoms with Crippen molar-refractivity contribution in [3.8, 4) is 0 Å². The van der Waals surface area contributed by atoms with Crippen molar-refractivity contribution < 1.29 is 4.79 Å². The smallest absolute Gasteiger partial charge is 0.266 e. The van der Waals surface area contributed by atoms with Gasteiger partial charge in [0.15, 0.2) is 0 Å². The van der Waals surface area contributed by atoms with Crippen molar-refractivity contribution in [1.29, 1.82) is 0 Å². The number of amides is 1. The van der Waals surface area contributed by atoms with Crippen molar-refractivity contribution in [3.05, 3.63) is 64.8 Å². The lowest BCUT2D eigenvalue weighted by Crippen LogP contribution is -2.30. The molecule has 1 unspecified atom stereocenters. The fraction of sp³-hybridized carbons (Fsp3) is 0.125. The molecule has 0 saturated carbocycles. The molecule has 106 valence electrons. The van der Waals surface area contributed by atoms with E-state index in [1.54, 1.807) is 4.90 Å². The number of hydrogen-bond acceptors (Lipinski definition) is 3. The summed E-state index contributed by atoms with van der Waals surface area (Å²) in [6, 6.07) is 13.7. The summed E-state index contributed by atoms with van der Waals surface area (Å²) in [6.45, 7) is 2.00. The molecule has 3 nitrogen and oxygen atoms in total. The fourth-order valence-corrected chi connectivity index (χ4v) is 3.68. The zero-order chi connectivity index (χ0) is 14.8. The Balaban J connectivity index is 1.88. The molecule has 0 spiro atoms. The zero-order valence-corrected chi connectivity index (χ0v) is 13.1. The third-order valence-electron chi connectivity index (χ3n) is 3.40. The molecule has 0 aliphatic carbocycles. The number of rotatable bonds is 3. The van der Waals surface area contributed by atoms with Crippen molar-refractivity contribution in [2.24, 2.45) is 0 Å².